The van der Waals surface area contributed by atoms with E-state index in [4.69, 9.17) is 10.2 Å². The Morgan fingerprint density at radius 1 is 1.00 bits per heavy atom. The van der Waals surface area contributed by atoms with Gasteiger partial charge >= 0.3 is 11.9 Å². The maximum atomic E-state index is 12.1. The fourth-order valence-corrected chi connectivity index (χ4v) is 3.90. The second-order valence-corrected chi connectivity index (χ2v) is 8.90. The maximum absolute atomic E-state index is 12.1. The Morgan fingerprint density at radius 2 is 1.57 bits per heavy atom. The van der Waals surface area contributed by atoms with Gasteiger partial charge in [0.2, 0.25) is 0 Å². The van der Waals surface area contributed by atoms with Crippen molar-refractivity contribution in [2.75, 3.05) is 0 Å². The Morgan fingerprint density at radius 3 is 2.13 bits per heavy atom. The fourth-order valence-electron chi connectivity index (χ4n) is 3.90. The van der Waals surface area contributed by atoms with Crippen LogP contribution in [0.1, 0.15) is 86.0 Å². The van der Waals surface area contributed by atoms with Crippen LogP contribution < -0.4 is 0 Å². The van der Waals surface area contributed by atoms with Gasteiger partial charge in [0.15, 0.2) is 5.78 Å². The molecule has 0 heterocycles. The number of hydrogen-bond donors (Lipinski definition) is 2. The Hall–Kier alpha value is -2.43. The topological polar surface area (TPSA) is 91.7 Å². The van der Waals surface area contributed by atoms with Crippen LogP contribution in [0.3, 0.4) is 0 Å². The number of allylic oxidation sites excluding steroid dienone is 6. The predicted octanol–water partition coefficient (Wildman–Crippen LogP) is 6.02. The van der Waals surface area contributed by atoms with Crippen LogP contribution in [0.4, 0.5) is 0 Å². The normalized spacial score (nSPS) is 18.0. The highest BCUT2D eigenvalue weighted by atomic mass is 16.4. The standard InChI is InChI=1S/C25H36O5/c1-17(10-7-11-20(24(29)30)16-23(27)28)8-6-9-18(2)12-13-21-19(3)22(26)14-15-25(21,4)5/h9-10,16H,6-8,11-15H2,1-5H3,(H,27,28)(H,29,30). The number of carbonyl (C=O) groups excluding carboxylic acids is 1. The zero-order chi connectivity index (χ0) is 22.9. The third-order valence-electron chi connectivity index (χ3n) is 5.94. The molecule has 0 fully saturated rings. The Kier molecular flexibility index (Phi) is 9.97. The molecular weight excluding hydrogens is 380 g/mol. The third-order valence-corrected chi connectivity index (χ3v) is 5.94. The molecule has 0 amide bonds. The van der Waals surface area contributed by atoms with Crippen LogP contribution in [0.15, 0.2) is 46.1 Å². The van der Waals surface area contributed by atoms with Crippen molar-refractivity contribution in [3.05, 3.63) is 46.1 Å². The van der Waals surface area contributed by atoms with Crippen LogP contribution >= 0.6 is 0 Å². The van der Waals surface area contributed by atoms with Gasteiger partial charge in [0.25, 0.3) is 0 Å². The average molecular weight is 417 g/mol. The van der Waals surface area contributed by atoms with E-state index in [0.717, 1.165) is 49.3 Å². The molecule has 30 heavy (non-hydrogen) atoms. The van der Waals surface area contributed by atoms with Gasteiger partial charge in [-0.15, -0.1) is 0 Å². The summed E-state index contributed by atoms with van der Waals surface area (Å²) in [5, 5.41) is 17.7. The number of Topliss-reactive ketones (excluding diaryl/α,β-unsaturated/α-hetero) is 1. The average Bonchev–Trinajstić information content (AvgIpc) is 2.63. The third kappa shape index (κ3) is 8.52. The minimum atomic E-state index is -1.24. The van der Waals surface area contributed by atoms with Crippen molar-refractivity contribution in [1.29, 1.82) is 0 Å². The summed E-state index contributed by atoms with van der Waals surface area (Å²) < 4.78 is 0. The van der Waals surface area contributed by atoms with Gasteiger partial charge in [-0.3, -0.25) is 4.79 Å². The molecule has 0 aliphatic heterocycles. The molecule has 0 bridgehead atoms. The van der Waals surface area contributed by atoms with E-state index in [1.807, 2.05) is 19.9 Å². The molecule has 1 aliphatic rings. The van der Waals surface area contributed by atoms with E-state index in [9.17, 15) is 14.4 Å². The molecular formula is C25H36O5. The number of carboxylic acids is 2. The minimum Gasteiger partial charge on any atom is -0.478 e. The zero-order valence-electron chi connectivity index (χ0n) is 19.0. The monoisotopic (exact) mass is 416 g/mol. The summed E-state index contributed by atoms with van der Waals surface area (Å²) in [6.07, 6.45) is 10.9. The van der Waals surface area contributed by atoms with Crippen LogP contribution in [-0.4, -0.2) is 27.9 Å². The van der Waals surface area contributed by atoms with E-state index in [0.29, 0.717) is 12.8 Å². The lowest BCUT2D eigenvalue weighted by molar-refractivity contribution is -0.135. The summed E-state index contributed by atoms with van der Waals surface area (Å²) in [4.78, 5) is 33.7. The molecule has 0 atom stereocenters. The lowest BCUT2D eigenvalue weighted by Crippen LogP contribution is -2.25. The summed E-state index contributed by atoms with van der Waals surface area (Å²) in [6, 6.07) is 0. The molecule has 5 heteroatoms. The van der Waals surface area contributed by atoms with Crippen molar-refractivity contribution >= 4 is 17.7 Å². The first-order valence-electron chi connectivity index (χ1n) is 10.7. The number of ketones is 1. The molecule has 0 aromatic heterocycles. The molecule has 2 N–H and O–H groups in total. The minimum absolute atomic E-state index is 0.0870. The van der Waals surface area contributed by atoms with Crippen molar-refractivity contribution in [3.63, 3.8) is 0 Å². The van der Waals surface area contributed by atoms with Crippen LogP contribution in [0.2, 0.25) is 0 Å². The molecule has 166 valence electrons. The van der Waals surface area contributed by atoms with Gasteiger partial charge in [-0.25, -0.2) is 9.59 Å². The molecule has 0 spiro atoms. The second-order valence-electron chi connectivity index (χ2n) is 8.90. The molecule has 0 aromatic rings. The van der Waals surface area contributed by atoms with Crippen molar-refractivity contribution in [2.24, 2.45) is 5.41 Å². The molecule has 0 radical (unpaired) electrons. The predicted molar refractivity (Wildman–Crippen MR) is 119 cm³/mol. The molecule has 0 aromatic carbocycles. The first kappa shape index (κ1) is 25.6. The van der Waals surface area contributed by atoms with Gasteiger partial charge < -0.3 is 10.2 Å². The van der Waals surface area contributed by atoms with Gasteiger partial charge in [-0.05, 0) is 76.7 Å². The lowest BCUT2D eigenvalue weighted by atomic mass is 9.70. The van der Waals surface area contributed by atoms with Crippen LogP contribution in [0.5, 0.6) is 0 Å². The number of carbonyl (C=O) groups is 3. The largest absolute Gasteiger partial charge is 0.478 e. The summed E-state index contributed by atoms with van der Waals surface area (Å²) in [6.45, 7) is 10.6. The van der Waals surface area contributed by atoms with Crippen LogP contribution in [-0.2, 0) is 14.4 Å². The van der Waals surface area contributed by atoms with Crippen molar-refractivity contribution in [3.8, 4) is 0 Å². The highest BCUT2D eigenvalue weighted by Gasteiger charge is 2.31. The summed E-state index contributed by atoms with van der Waals surface area (Å²) in [5.74, 6) is -2.13. The van der Waals surface area contributed by atoms with Crippen molar-refractivity contribution in [1.82, 2.24) is 0 Å². The molecule has 1 aliphatic carbocycles. The van der Waals surface area contributed by atoms with Crippen molar-refractivity contribution in [2.45, 2.75) is 86.0 Å². The van der Waals surface area contributed by atoms with E-state index >= 15 is 0 Å². The summed E-state index contributed by atoms with van der Waals surface area (Å²) in [5.41, 5.74) is 4.74. The Labute approximate surface area is 180 Å². The SMILES string of the molecule is CC(=CCCC(=CC(=O)O)C(=O)O)CCC=C(C)CCC1=C(C)C(=O)CCC1(C)C. The Bertz CT molecular complexity index is 790. The van der Waals surface area contributed by atoms with E-state index in [2.05, 4.69) is 26.8 Å². The maximum Gasteiger partial charge on any atom is 0.331 e. The molecule has 0 saturated heterocycles. The van der Waals surface area contributed by atoms with Gasteiger partial charge in [0.1, 0.15) is 0 Å². The van der Waals surface area contributed by atoms with Gasteiger partial charge in [0.05, 0.1) is 0 Å². The van der Waals surface area contributed by atoms with Gasteiger partial charge in [0, 0.05) is 18.1 Å². The van der Waals surface area contributed by atoms with Gasteiger partial charge in [-0.1, -0.05) is 42.7 Å². The quantitative estimate of drug-likeness (QED) is 0.317. The highest BCUT2D eigenvalue weighted by molar-refractivity contribution is 5.96. The fraction of sp³-hybridized carbons (Fsp3) is 0.560. The highest BCUT2D eigenvalue weighted by Crippen LogP contribution is 2.41. The molecule has 1 rings (SSSR count). The lowest BCUT2D eigenvalue weighted by Gasteiger charge is -2.34. The van der Waals surface area contributed by atoms with Gasteiger partial charge in [-0.2, -0.15) is 0 Å². The number of hydrogen-bond acceptors (Lipinski definition) is 3. The van der Waals surface area contributed by atoms with E-state index < -0.39 is 11.9 Å². The Balaban J connectivity index is 2.52. The second kappa shape index (κ2) is 11.7. The molecule has 5 nitrogen and oxygen atoms in total. The summed E-state index contributed by atoms with van der Waals surface area (Å²) in [7, 11) is 0. The van der Waals surface area contributed by atoms with Crippen molar-refractivity contribution < 1.29 is 24.6 Å². The zero-order valence-corrected chi connectivity index (χ0v) is 19.0. The molecule has 0 unspecified atom stereocenters. The van der Waals surface area contributed by atoms with E-state index in [-0.39, 0.29) is 23.2 Å². The number of aliphatic carboxylic acids is 2. The van der Waals surface area contributed by atoms with Crippen LogP contribution in [0.25, 0.3) is 0 Å². The smallest absolute Gasteiger partial charge is 0.331 e. The first-order valence-corrected chi connectivity index (χ1v) is 10.7. The van der Waals surface area contributed by atoms with E-state index in [1.54, 1.807) is 0 Å². The first-order chi connectivity index (χ1) is 13.9. The van der Waals surface area contributed by atoms with Crippen LogP contribution in [0, 0.1) is 5.41 Å². The molecule has 0 saturated carbocycles. The summed E-state index contributed by atoms with van der Waals surface area (Å²) >= 11 is 0. The number of carboxylic acid groups (broad SMARTS) is 2. The number of rotatable bonds is 11. The van der Waals surface area contributed by atoms with E-state index in [1.165, 1.54) is 11.1 Å².